The molecule has 1 N–H and O–H groups in total. The first-order valence-corrected chi connectivity index (χ1v) is 5.54. The van der Waals surface area contributed by atoms with Crippen LogP contribution in [0.2, 0.25) is 0 Å². The molecule has 0 heterocycles. The molecule has 0 aliphatic carbocycles. The van der Waals surface area contributed by atoms with E-state index in [4.69, 9.17) is 9.84 Å². The Balaban J connectivity index is 2.64. The van der Waals surface area contributed by atoms with Crippen LogP contribution in [0.3, 0.4) is 0 Å². The van der Waals surface area contributed by atoms with E-state index in [2.05, 4.69) is 0 Å². The fourth-order valence-electron chi connectivity index (χ4n) is 1.46. The van der Waals surface area contributed by atoms with Crippen LogP contribution in [0.4, 0.5) is 0 Å². The predicted octanol–water partition coefficient (Wildman–Crippen LogP) is 2.03. The molecule has 0 aliphatic rings. The summed E-state index contributed by atoms with van der Waals surface area (Å²) in [6.07, 6.45) is 0.819. The lowest BCUT2D eigenvalue weighted by Crippen LogP contribution is -2.06. The molecule has 1 atom stereocenters. The number of aliphatic hydroxyl groups excluding tert-OH is 1. The summed E-state index contributed by atoms with van der Waals surface area (Å²) in [5, 5.41) is 8.93. The van der Waals surface area contributed by atoms with Crippen LogP contribution in [0, 0.1) is 5.92 Å². The van der Waals surface area contributed by atoms with Crippen LogP contribution in [0.5, 0.6) is 0 Å². The van der Waals surface area contributed by atoms with Crippen molar-refractivity contribution >= 4 is 5.97 Å². The van der Waals surface area contributed by atoms with Gasteiger partial charge in [-0.3, -0.25) is 0 Å². The van der Waals surface area contributed by atoms with Gasteiger partial charge in [0, 0.05) is 6.61 Å². The van der Waals surface area contributed by atoms with Crippen LogP contribution in [0.15, 0.2) is 24.3 Å². The van der Waals surface area contributed by atoms with Gasteiger partial charge in [-0.15, -0.1) is 0 Å². The normalized spacial score (nSPS) is 12.2. The summed E-state index contributed by atoms with van der Waals surface area (Å²) < 4.78 is 4.89. The monoisotopic (exact) mass is 222 g/mol. The van der Waals surface area contributed by atoms with Crippen LogP contribution in [0.25, 0.3) is 0 Å². The number of carbonyl (C=O) groups is 1. The van der Waals surface area contributed by atoms with Crippen LogP contribution in [-0.4, -0.2) is 24.3 Å². The van der Waals surface area contributed by atoms with Crippen LogP contribution >= 0.6 is 0 Å². The molecule has 0 saturated heterocycles. The Kier molecular flexibility index (Phi) is 4.99. The third-order valence-corrected chi connectivity index (χ3v) is 2.36. The Morgan fingerprint density at radius 1 is 1.38 bits per heavy atom. The Hall–Kier alpha value is -1.35. The molecule has 0 radical (unpaired) electrons. The highest BCUT2D eigenvalue weighted by Gasteiger charge is 2.06. The van der Waals surface area contributed by atoms with Crippen molar-refractivity contribution in [2.24, 2.45) is 5.92 Å². The van der Waals surface area contributed by atoms with Crippen molar-refractivity contribution in [1.29, 1.82) is 0 Å². The summed E-state index contributed by atoms with van der Waals surface area (Å²) in [5.74, 6) is -0.0438. The first-order valence-electron chi connectivity index (χ1n) is 5.54. The number of carbonyl (C=O) groups excluding carboxylic acids is 1. The standard InChI is InChI=1S/C13H18O3/c1-3-16-13(15)12-6-4-11(5-7-12)8-10(2)9-14/h4-7,10,14H,3,8-9H2,1-2H3. The fraction of sp³-hybridized carbons (Fsp3) is 0.462. The lowest BCUT2D eigenvalue weighted by molar-refractivity contribution is 0.0526. The van der Waals surface area contributed by atoms with Crippen LogP contribution in [-0.2, 0) is 11.2 Å². The van der Waals surface area contributed by atoms with Crippen molar-refractivity contribution in [1.82, 2.24) is 0 Å². The molecular formula is C13H18O3. The molecule has 0 aliphatic heterocycles. The molecule has 0 bridgehead atoms. The molecule has 16 heavy (non-hydrogen) atoms. The van der Waals surface area contributed by atoms with E-state index in [1.54, 1.807) is 19.1 Å². The topological polar surface area (TPSA) is 46.5 Å². The van der Waals surface area contributed by atoms with Gasteiger partial charge in [0.1, 0.15) is 0 Å². The van der Waals surface area contributed by atoms with E-state index in [1.165, 1.54) is 0 Å². The number of hydrogen-bond acceptors (Lipinski definition) is 3. The summed E-state index contributed by atoms with van der Waals surface area (Å²) in [6, 6.07) is 7.33. The second kappa shape index (κ2) is 6.28. The van der Waals surface area contributed by atoms with Crippen molar-refractivity contribution in [3.8, 4) is 0 Å². The minimum absolute atomic E-state index is 0.180. The van der Waals surface area contributed by atoms with E-state index < -0.39 is 0 Å². The highest BCUT2D eigenvalue weighted by atomic mass is 16.5. The van der Waals surface area contributed by atoms with E-state index in [9.17, 15) is 4.79 Å². The van der Waals surface area contributed by atoms with Gasteiger partial charge in [0.25, 0.3) is 0 Å². The van der Waals surface area contributed by atoms with Crippen molar-refractivity contribution < 1.29 is 14.6 Å². The van der Waals surface area contributed by atoms with Gasteiger partial charge in [0.15, 0.2) is 0 Å². The van der Waals surface area contributed by atoms with Crippen LogP contribution < -0.4 is 0 Å². The van der Waals surface area contributed by atoms with Crippen molar-refractivity contribution in [2.75, 3.05) is 13.2 Å². The summed E-state index contributed by atoms with van der Waals surface area (Å²) in [5.41, 5.74) is 1.69. The lowest BCUT2D eigenvalue weighted by Gasteiger charge is -2.08. The fourth-order valence-corrected chi connectivity index (χ4v) is 1.46. The minimum atomic E-state index is -0.288. The zero-order chi connectivity index (χ0) is 12.0. The van der Waals surface area contributed by atoms with Gasteiger partial charge in [0.2, 0.25) is 0 Å². The number of ether oxygens (including phenoxy) is 1. The maximum absolute atomic E-state index is 11.4. The number of hydrogen-bond donors (Lipinski definition) is 1. The highest BCUT2D eigenvalue weighted by Crippen LogP contribution is 2.10. The molecule has 1 unspecified atom stereocenters. The largest absolute Gasteiger partial charge is 0.462 e. The third kappa shape index (κ3) is 3.66. The molecule has 0 amide bonds. The zero-order valence-electron chi connectivity index (χ0n) is 9.77. The lowest BCUT2D eigenvalue weighted by atomic mass is 10.0. The van der Waals surface area contributed by atoms with Gasteiger partial charge < -0.3 is 9.84 Å². The second-order valence-electron chi connectivity index (χ2n) is 3.91. The molecule has 3 nitrogen and oxygen atoms in total. The summed E-state index contributed by atoms with van der Waals surface area (Å²) in [4.78, 5) is 11.4. The predicted molar refractivity (Wildman–Crippen MR) is 62.4 cm³/mol. The van der Waals surface area contributed by atoms with Gasteiger partial charge >= 0.3 is 5.97 Å². The zero-order valence-corrected chi connectivity index (χ0v) is 9.77. The first kappa shape index (κ1) is 12.7. The maximum Gasteiger partial charge on any atom is 0.338 e. The first-order chi connectivity index (χ1) is 7.67. The minimum Gasteiger partial charge on any atom is -0.462 e. The third-order valence-electron chi connectivity index (χ3n) is 2.36. The molecule has 0 saturated carbocycles. The van der Waals surface area contributed by atoms with E-state index in [0.29, 0.717) is 12.2 Å². The molecular weight excluding hydrogens is 204 g/mol. The number of esters is 1. The van der Waals surface area contributed by atoms with Gasteiger partial charge in [-0.1, -0.05) is 19.1 Å². The molecule has 0 spiro atoms. The molecule has 3 heteroatoms. The smallest absolute Gasteiger partial charge is 0.338 e. The number of aliphatic hydroxyl groups is 1. The molecule has 1 aromatic rings. The van der Waals surface area contributed by atoms with E-state index in [0.717, 1.165) is 12.0 Å². The average Bonchev–Trinajstić information content (AvgIpc) is 2.30. The molecule has 0 aromatic heterocycles. The Bertz CT molecular complexity index is 330. The van der Waals surface area contributed by atoms with Gasteiger partial charge in [-0.25, -0.2) is 4.79 Å². The molecule has 88 valence electrons. The van der Waals surface area contributed by atoms with Crippen molar-refractivity contribution in [2.45, 2.75) is 20.3 Å². The molecule has 1 aromatic carbocycles. The quantitative estimate of drug-likeness (QED) is 0.775. The van der Waals surface area contributed by atoms with Gasteiger partial charge in [-0.05, 0) is 37.0 Å². The molecule has 1 rings (SSSR count). The number of benzene rings is 1. The Morgan fingerprint density at radius 2 is 2.00 bits per heavy atom. The second-order valence-corrected chi connectivity index (χ2v) is 3.91. The Morgan fingerprint density at radius 3 is 2.50 bits per heavy atom. The van der Waals surface area contributed by atoms with Crippen LogP contribution in [0.1, 0.15) is 29.8 Å². The van der Waals surface area contributed by atoms with E-state index in [-0.39, 0.29) is 18.5 Å². The summed E-state index contributed by atoms with van der Waals surface area (Å²) in [7, 11) is 0. The van der Waals surface area contributed by atoms with E-state index in [1.807, 2.05) is 19.1 Å². The SMILES string of the molecule is CCOC(=O)c1ccc(CC(C)CO)cc1. The number of rotatable bonds is 5. The molecule has 0 fully saturated rings. The Labute approximate surface area is 96.1 Å². The summed E-state index contributed by atoms with van der Waals surface area (Å²) >= 11 is 0. The van der Waals surface area contributed by atoms with Gasteiger partial charge in [0.05, 0.1) is 12.2 Å². The highest BCUT2D eigenvalue weighted by molar-refractivity contribution is 5.89. The average molecular weight is 222 g/mol. The van der Waals surface area contributed by atoms with E-state index >= 15 is 0 Å². The van der Waals surface area contributed by atoms with Gasteiger partial charge in [-0.2, -0.15) is 0 Å². The summed E-state index contributed by atoms with van der Waals surface area (Å²) in [6.45, 7) is 4.34. The van der Waals surface area contributed by atoms with Crippen molar-refractivity contribution in [3.63, 3.8) is 0 Å². The van der Waals surface area contributed by atoms with Crippen molar-refractivity contribution in [3.05, 3.63) is 35.4 Å². The maximum atomic E-state index is 11.4.